The largest absolute Gasteiger partial charge is 0.447 e. The van der Waals surface area contributed by atoms with Crippen molar-refractivity contribution in [2.24, 2.45) is 0 Å². The molecular weight excluding hydrogens is 220 g/mol. The summed E-state index contributed by atoms with van der Waals surface area (Å²) in [6.45, 7) is 0.556. The van der Waals surface area contributed by atoms with Crippen LogP contribution in [0.1, 0.15) is 5.76 Å². The van der Waals surface area contributed by atoms with E-state index in [2.05, 4.69) is 20.3 Å². The van der Waals surface area contributed by atoms with Crippen LogP contribution in [0.3, 0.4) is 0 Å². The summed E-state index contributed by atoms with van der Waals surface area (Å²) >= 11 is 0. The van der Waals surface area contributed by atoms with Crippen LogP contribution in [0.15, 0.2) is 40.0 Å². The number of hydrogen-bond donors (Lipinski definition) is 3. The third kappa shape index (κ3) is 1.92. The lowest BCUT2D eigenvalue weighted by Gasteiger charge is -2.03. The van der Waals surface area contributed by atoms with Gasteiger partial charge in [0, 0.05) is 5.69 Å². The van der Waals surface area contributed by atoms with Gasteiger partial charge in [-0.2, -0.15) is 0 Å². The van der Waals surface area contributed by atoms with Crippen molar-refractivity contribution in [1.29, 1.82) is 0 Å². The zero-order chi connectivity index (χ0) is 11.7. The molecule has 0 aliphatic carbocycles. The highest BCUT2D eigenvalue weighted by Crippen LogP contribution is 2.15. The summed E-state index contributed by atoms with van der Waals surface area (Å²) in [6.07, 6.45) is 3.05. The van der Waals surface area contributed by atoms with E-state index in [0.29, 0.717) is 6.54 Å². The van der Waals surface area contributed by atoms with Crippen molar-refractivity contribution < 1.29 is 4.42 Å². The van der Waals surface area contributed by atoms with Gasteiger partial charge in [0.05, 0.1) is 23.8 Å². The lowest BCUT2D eigenvalue weighted by Crippen LogP contribution is -1.99. The minimum Gasteiger partial charge on any atom is -0.447 e. The average molecular weight is 230 g/mol. The van der Waals surface area contributed by atoms with Crippen LogP contribution in [0.2, 0.25) is 0 Å². The Hall–Kier alpha value is -2.50. The molecule has 86 valence electrons. The Balaban J connectivity index is 1.83. The number of aromatic nitrogens is 3. The van der Waals surface area contributed by atoms with Crippen LogP contribution >= 0.6 is 0 Å². The fraction of sp³-hybridized carbons (Fsp3) is 0.0909. The Morgan fingerprint density at radius 1 is 1.29 bits per heavy atom. The molecule has 3 rings (SSSR count). The van der Waals surface area contributed by atoms with Crippen LogP contribution in [0.5, 0.6) is 0 Å². The summed E-state index contributed by atoms with van der Waals surface area (Å²) in [7, 11) is 0. The number of oxazole rings is 1. The highest BCUT2D eigenvalue weighted by molar-refractivity contribution is 5.78. The van der Waals surface area contributed by atoms with Crippen molar-refractivity contribution in [2.45, 2.75) is 6.54 Å². The minimum atomic E-state index is -0.201. The molecule has 2 aromatic heterocycles. The van der Waals surface area contributed by atoms with Crippen molar-refractivity contribution in [3.63, 3.8) is 0 Å². The van der Waals surface area contributed by atoms with Gasteiger partial charge in [0.25, 0.3) is 0 Å². The molecule has 0 spiro atoms. The fourth-order valence-electron chi connectivity index (χ4n) is 1.66. The van der Waals surface area contributed by atoms with Crippen LogP contribution < -0.4 is 11.0 Å². The Morgan fingerprint density at radius 3 is 3.00 bits per heavy atom. The summed E-state index contributed by atoms with van der Waals surface area (Å²) in [5.41, 5.74) is 2.27. The molecule has 17 heavy (non-hydrogen) atoms. The highest BCUT2D eigenvalue weighted by atomic mass is 16.3. The van der Waals surface area contributed by atoms with Gasteiger partial charge in [0.1, 0.15) is 5.76 Å². The predicted molar refractivity (Wildman–Crippen MR) is 62.7 cm³/mol. The number of benzene rings is 1. The number of imidazole rings is 1. The van der Waals surface area contributed by atoms with Crippen LogP contribution in [-0.4, -0.2) is 15.0 Å². The van der Waals surface area contributed by atoms with E-state index >= 15 is 0 Å². The quantitative estimate of drug-likeness (QED) is 0.635. The zero-order valence-corrected chi connectivity index (χ0v) is 8.86. The van der Waals surface area contributed by atoms with Gasteiger partial charge in [-0.25, -0.2) is 9.78 Å². The molecule has 0 atom stereocenters. The number of H-pyrrole nitrogens is 2. The molecule has 0 unspecified atom stereocenters. The molecule has 0 saturated heterocycles. The lowest BCUT2D eigenvalue weighted by molar-refractivity contribution is 0.512. The van der Waals surface area contributed by atoms with E-state index in [0.717, 1.165) is 22.5 Å². The maximum absolute atomic E-state index is 11.1. The minimum absolute atomic E-state index is 0.201. The summed E-state index contributed by atoms with van der Waals surface area (Å²) in [5, 5.41) is 3.18. The first kappa shape index (κ1) is 9.71. The first-order valence-corrected chi connectivity index (χ1v) is 5.14. The molecule has 0 aliphatic heterocycles. The van der Waals surface area contributed by atoms with Crippen molar-refractivity contribution in [1.82, 2.24) is 15.0 Å². The van der Waals surface area contributed by atoms with Crippen molar-refractivity contribution in [3.05, 3.63) is 47.0 Å². The normalized spacial score (nSPS) is 10.8. The van der Waals surface area contributed by atoms with Gasteiger partial charge in [-0.15, -0.1) is 0 Å². The second-order valence-corrected chi connectivity index (χ2v) is 3.66. The molecule has 0 saturated carbocycles. The smallest absolute Gasteiger partial charge is 0.323 e. The Morgan fingerprint density at radius 2 is 2.18 bits per heavy atom. The number of rotatable bonds is 3. The number of nitrogens with one attached hydrogen (secondary N) is 3. The standard InChI is InChI=1S/C11H10N4O2/c16-11-14-9-2-1-7(3-10(9)15-11)13-5-8-4-12-6-17-8/h1-4,6,13H,5H2,(H2,14,15,16). The van der Waals surface area contributed by atoms with Gasteiger partial charge in [-0.3, -0.25) is 0 Å². The van der Waals surface area contributed by atoms with E-state index in [1.54, 1.807) is 6.20 Å². The molecule has 3 N–H and O–H groups in total. The number of aromatic amines is 2. The first-order chi connectivity index (χ1) is 8.31. The van der Waals surface area contributed by atoms with Crippen LogP contribution in [0.4, 0.5) is 5.69 Å². The van der Waals surface area contributed by atoms with Crippen molar-refractivity contribution >= 4 is 16.7 Å². The van der Waals surface area contributed by atoms with E-state index in [-0.39, 0.29) is 5.69 Å². The number of hydrogen-bond acceptors (Lipinski definition) is 4. The molecule has 0 amide bonds. The molecule has 3 aromatic rings. The molecule has 1 aromatic carbocycles. The topological polar surface area (TPSA) is 86.7 Å². The molecule has 0 radical (unpaired) electrons. The van der Waals surface area contributed by atoms with E-state index < -0.39 is 0 Å². The van der Waals surface area contributed by atoms with Crippen LogP contribution in [-0.2, 0) is 6.54 Å². The average Bonchev–Trinajstić information content (AvgIpc) is 2.92. The van der Waals surface area contributed by atoms with E-state index in [1.807, 2.05) is 18.2 Å². The summed E-state index contributed by atoms with van der Waals surface area (Å²) < 4.78 is 5.11. The summed E-state index contributed by atoms with van der Waals surface area (Å²) in [5.74, 6) is 0.757. The Kier molecular flexibility index (Phi) is 2.18. The van der Waals surface area contributed by atoms with Gasteiger partial charge < -0.3 is 19.7 Å². The molecule has 0 bridgehead atoms. The first-order valence-electron chi connectivity index (χ1n) is 5.14. The van der Waals surface area contributed by atoms with Crippen molar-refractivity contribution in [2.75, 3.05) is 5.32 Å². The van der Waals surface area contributed by atoms with Gasteiger partial charge in [0.15, 0.2) is 6.39 Å². The zero-order valence-electron chi connectivity index (χ0n) is 8.86. The van der Waals surface area contributed by atoms with Gasteiger partial charge in [-0.05, 0) is 18.2 Å². The molecule has 6 heteroatoms. The number of fused-ring (bicyclic) bond motifs is 1. The maximum Gasteiger partial charge on any atom is 0.323 e. The Labute approximate surface area is 95.7 Å². The van der Waals surface area contributed by atoms with E-state index in [9.17, 15) is 4.79 Å². The molecule has 0 aliphatic rings. The Bertz CT molecular complexity index is 681. The van der Waals surface area contributed by atoms with E-state index in [4.69, 9.17) is 4.42 Å². The molecule has 2 heterocycles. The monoisotopic (exact) mass is 230 g/mol. The van der Waals surface area contributed by atoms with E-state index in [1.165, 1.54) is 6.39 Å². The molecule has 6 nitrogen and oxygen atoms in total. The number of anilines is 1. The molecule has 0 fully saturated rings. The second kappa shape index (κ2) is 3.82. The predicted octanol–water partition coefficient (Wildman–Crippen LogP) is 1.46. The third-order valence-corrected chi connectivity index (χ3v) is 2.47. The van der Waals surface area contributed by atoms with Crippen LogP contribution in [0.25, 0.3) is 11.0 Å². The van der Waals surface area contributed by atoms with Crippen LogP contribution in [0, 0.1) is 0 Å². The van der Waals surface area contributed by atoms with Crippen molar-refractivity contribution in [3.8, 4) is 0 Å². The van der Waals surface area contributed by atoms with Gasteiger partial charge >= 0.3 is 5.69 Å². The summed E-state index contributed by atoms with van der Waals surface area (Å²) in [6, 6.07) is 5.60. The lowest BCUT2D eigenvalue weighted by atomic mass is 10.2. The second-order valence-electron chi connectivity index (χ2n) is 3.66. The summed E-state index contributed by atoms with van der Waals surface area (Å²) in [4.78, 5) is 20.3. The van der Waals surface area contributed by atoms with Gasteiger partial charge in [-0.1, -0.05) is 0 Å². The van der Waals surface area contributed by atoms with Gasteiger partial charge in [0.2, 0.25) is 0 Å². The number of nitrogens with zero attached hydrogens (tertiary/aromatic N) is 1. The molecular formula is C11H10N4O2. The SMILES string of the molecule is O=c1[nH]c2ccc(NCc3cnco3)cc2[nH]1. The maximum atomic E-state index is 11.1. The highest BCUT2D eigenvalue weighted by Gasteiger charge is 2.00. The third-order valence-electron chi connectivity index (χ3n) is 2.47. The fourth-order valence-corrected chi connectivity index (χ4v) is 1.66.